The number of carbonyl (C=O) groups is 11. The summed E-state index contributed by atoms with van der Waals surface area (Å²) in [6.07, 6.45) is -2.02. The van der Waals surface area contributed by atoms with Crippen molar-refractivity contribution >= 4 is 65.0 Å². The Bertz CT molecular complexity index is 1790. The molecule has 0 aromatic rings. The second-order valence-electron chi connectivity index (χ2n) is 19.7. The third-order valence-electron chi connectivity index (χ3n) is 13.4. The number of nitrogens with two attached hydrogens (primary N) is 7. The number of hydrogen-bond donors (Lipinski definition) is 11. The maximum Gasteiger partial charge on any atom is 0.224 e. The minimum atomic E-state index is -1.22. The van der Waals surface area contributed by atoms with Crippen LogP contribution in [0.5, 0.6) is 0 Å². The predicted molar refractivity (Wildman–Crippen MR) is 246 cm³/mol. The van der Waals surface area contributed by atoms with E-state index in [2.05, 4.69) is 21.3 Å². The van der Waals surface area contributed by atoms with Gasteiger partial charge in [0.2, 0.25) is 65.0 Å². The van der Waals surface area contributed by atoms with E-state index in [1.807, 2.05) is 0 Å². The minimum absolute atomic E-state index is 0.130. The largest absolute Gasteiger partial charge is 0.369 e. The Morgan fingerprint density at radius 1 is 0.403 bits per heavy atom. The lowest BCUT2D eigenvalue weighted by Gasteiger charge is -2.30. The lowest BCUT2D eigenvalue weighted by molar-refractivity contribution is -0.132. The van der Waals surface area contributed by atoms with Crippen molar-refractivity contribution < 1.29 is 52.7 Å². The van der Waals surface area contributed by atoms with E-state index < -0.39 is 149 Å². The van der Waals surface area contributed by atoms with Crippen LogP contribution in [0.15, 0.2) is 0 Å². The molecular formula is C45H79N11O11. The van der Waals surface area contributed by atoms with Gasteiger partial charge in [0.1, 0.15) is 0 Å². The lowest BCUT2D eigenvalue weighted by Crippen LogP contribution is -2.46. The van der Waals surface area contributed by atoms with Crippen LogP contribution in [0.1, 0.15) is 113 Å². The van der Waals surface area contributed by atoms with Gasteiger partial charge in [0.15, 0.2) is 0 Å². The van der Waals surface area contributed by atoms with Crippen molar-refractivity contribution in [1.82, 2.24) is 21.3 Å². The molecule has 11 atom stereocenters. The van der Waals surface area contributed by atoms with Gasteiger partial charge in [-0.15, -0.1) is 0 Å². The summed E-state index contributed by atoms with van der Waals surface area (Å²) < 4.78 is 0. The van der Waals surface area contributed by atoms with Crippen LogP contribution in [0, 0.1) is 88.8 Å². The molecule has 67 heavy (non-hydrogen) atoms. The third-order valence-corrected chi connectivity index (χ3v) is 13.4. The summed E-state index contributed by atoms with van der Waals surface area (Å²) in [6, 6.07) is 0. The summed E-state index contributed by atoms with van der Waals surface area (Å²) in [5.74, 6) is -21.4. The SMILES string of the molecule is CC(C)C(CC1CC(C(N)=O)CC(C(N)=O)CC(C(N)=O)CC(C(C)C)C(=O)NCNC(=O)C(C(C)C)CC(C(N)=O)CC(C(N)=O)CC(C(N)=O)CC(C(C)C)C(=O)NCNC1=O)C(N)=O. The van der Waals surface area contributed by atoms with Crippen molar-refractivity contribution in [3.05, 3.63) is 0 Å². The summed E-state index contributed by atoms with van der Waals surface area (Å²) in [7, 11) is 0. The number of nitrogens with one attached hydrogen (secondary N) is 4. The van der Waals surface area contributed by atoms with Gasteiger partial charge in [0.05, 0.1) is 13.3 Å². The van der Waals surface area contributed by atoms with Gasteiger partial charge in [-0.25, -0.2) is 0 Å². The summed E-state index contributed by atoms with van der Waals surface area (Å²) in [5.41, 5.74) is 40.6. The molecule has 1 saturated heterocycles. The van der Waals surface area contributed by atoms with Crippen LogP contribution in [-0.4, -0.2) is 78.3 Å². The zero-order valence-electron chi connectivity index (χ0n) is 40.5. The molecule has 11 unspecified atom stereocenters. The Labute approximate surface area is 393 Å². The van der Waals surface area contributed by atoms with Crippen LogP contribution in [0.4, 0.5) is 0 Å². The normalized spacial score (nSPS) is 28.2. The van der Waals surface area contributed by atoms with Gasteiger partial charge in [0, 0.05) is 65.1 Å². The van der Waals surface area contributed by atoms with Gasteiger partial charge in [0.25, 0.3) is 0 Å². The molecule has 1 fully saturated rings. The predicted octanol–water partition coefficient (Wildman–Crippen LogP) is -1.31. The quantitative estimate of drug-likeness (QED) is 0.103. The van der Waals surface area contributed by atoms with Crippen molar-refractivity contribution in [2.24, 2.45) is 129 Å². The van der Waals surface area contributed by atoms with E-state index in [0.29, 0.717) is 0 Å². The molecule has 0 aromatic carbocycles. The number of rotatable bonds is 13. The van der Waals surface area contributed by atoms with Crippen molar-refractivity contribution in [1.29, 1.82) is 0 Å². The first kappa shape index (κ1) is 59.2. The molecule has 1 heterocycles. The fourth-order valence-electron chi connectivity index (χ4n) is 8.96. The number of hydrogen-bond acceptors (Lipinski definition) is 11. The molecular weight excluding hydrogens is 871 g/mol. The van der Waals surface area contributed by atoms with E-state index in [4.69, 9.17) is 40.1 Å². The van der Waals surface area contributed by atoms with E-state index in [-0.39, 0.29) is 76.3 Å². The highest BCUT2D eigenvalue weighted by atomic mass is 16.2. The Balaban J connectivity index is 3.90. The first-order valence-electron chi connectivity index (χ1n) is 23.2. The molecule has 0 aromatic heterocycles. The average molecular weight is 950 g/mol. The molecule has 0 aliphatic carbocycles. The van der Waals surface area contributed by atoms with Gasteiger partial charge in [-0.05, 0) is 81.5 Å². The second kappa shape index (κ2) is 27.7. The fourth-order valence-corrected chi connectivity index (χ4v) is 8.96. The summed E-state index contributed by atoms with van der Waals surface area (Å²) in [6.45, 7) is 12.9. The summed E-state index contributed by atoms with van der Waals surface area (Å²) in [4.78, 5) is 145. The molecule has 22 nitrogen and oxygen atoms in total. The van der Waals surface area contributed by atoms with E-state index in [9.17, 15) is 52.7 Å². The molecule has 0 spiro atoms. The first-order chi connectivity index (χ1) is 31.0. The fraction of sp³-hybridized carbons (Fsp3) is 0.756. The number of carbonyl (C=O) groups excluding carboxylic acids is 11. The molecule has 0 saturated carbocycles. The Morgan fingerprint density at radius 2 is 0.642 bits per heavy atom. The average Bonchev–Trinajstić information content (AvgIpc) is 3.19. The Hall–Kier alpha value is -5.83. The van der Waals surface area contributed by atoms with Gasteiger partial charge in [-0.3, -0.25) is 52.7 Å². The molecule has 1 rings (SSSR count). The van der Waals surface area contributed by atoms with E-state index in [0.717, 1.165) is 0 Å². The molecule has 380 valence electrons. The van der Waals surface area contributed by atoms with E-state index in [1.54, 1.807) is 55.4 Å². The van der Waals surface area contributed by atoms with Crippen LogP contribution in [0.25, 0.3) is 0 Å². The van der Waals surface area contributed by atoms with Gasteiger partial charge < -0.3 is 61.4 Å². The number of amides is 11. The molecule has 1 aliphatic rings. The van der Waals surface area contributed by atoms with Crippen LogP contribution < -0.4 is 61.4 Å². The first-order valence-corrected chi connectivity index (χ1v) is 23.2. The highest BCUT2D eigenvalue weighted by Gasteiger charge is 2.39. The third kappa shape index (κ3) is 19.5. The molecule has 0 radical (unpaired) electrons. The van der Waals surface area contributed by atoms with Gasteiger partial charge in [-0.1, -0.05) is 55.4 Å². The summed E-state index contributed by atoms with van der Waals surface area (Å²) in [5, 5.41) is 10.5. The zero-order chi connectivity index (χ0) is 51.6. The zero-order valence-corrected chi connectivity index (χ0v) is 40.5. The van der Waals surface area contributed by atoms with Crippen LogP contribution in [-0.2, 0) is 52.7 Å². The summed E-state index contributed by atoms with van der Waals surface area (Å²) >= 11 is 0. The maximum absolute atomic E-state index is 14.0. The molecule has 1 aliphatic heterocycles. The molecule has 18 N–H and O–H groups in total. The van der Waals surface area contributed by atoms with Crippen molar-refractivity contribution in [2.45, 2.75) is 113 Å². The second-order valence-corrected chi connectivity index (χ2v) is 19.7. The smallest absolute Gasteiger partial charge is 0.224 e. The van der Waals surface area contributed by atoms with Crippen LogP contribution in [0.3, 0.4) is 0 Å². The topological polar surface area (TPSA) is 418 Å². The van der Waals surface area contributed by atoms with E-state index >= 15 is 0 Å². The van der Waals surface area contributed by atoms with Crippen LogP contribution in [0.2, 0.25) is 0 Å². The highest BCUT2D eigenvalue weighted by molar-refractivity contribution is 5.87. The van der Waals surface area contributed by atoms with E-state index in [1.165, 1.54) is 0 Å². The monoisotopic (exact) mass is 950 g/mol. The highest BCUT2D eigenvalue weighted by Crippen LogP contribution is 2.34. The molecule has 0 bridgehead atoms. The minimum Gasteiger partial charge on any atom is -0.369 e. The maximum atomic E-state index is 14.0. The van der Waals surface area contributed by atoms with Crippen molar-refractivity contribution in [2.75, 3.05) is 13.3 Å². The van der Waals surface area contributed by atoms with Crippen molar-refractivity contribution in [3.8, 4) is 0 Å². The van der Waals surface area contributed by atoms with Crippen molar-refractivity contribution in [3.63, 3.8) is 0 Å². The Kier molecular flexibility index (Phi) is 24.5. The lowest BCUT2D eigenvalue weighted by atomic mass is 9.76. The van der Waals surface area contributed by atoms with Gasteiger partial charge in [-0.2, -0.15) is 0 Å². The number of primary amides is 7. The Morgan fingerprint density at radius 3 is 0.866 bits per heavy atom. The standard InChI is InChI=1S/C45H79N11O11/c1-20(2)31(41(52)63)17-30-13-26(37(48)59)9-24(35(46)57)10-27(38(49)60)14-33(22(5)6)44(66)55-19-56-45(67)34(23(7)8)16-29(40(51)62)12-25(36(47)58)11-28(39(50)61)15-32(21(3)4)43(65)54-18-53-42(30)64/h20-34H,9-19H2,1-8H3,(H2,46,57)(H2,47,58)(H2,48,59)(H2,49,60)(H2,50,61)(H2,51,62)(H2,52,63)(H,53,64)(H,54,65)(H,55,66)(H,56,67). The van der Waals surface area contributed by atoms with Gasteiger partial charge >= 0.3 is 0 Å². The molecule has 22 heteroatoms. The molecule has 11 amide bonds. The van der Waals surface area contributed by atoms with Crippen LogP contribution >= 0.6 is 0 Å².